The van der Waals surface area contributed by atoms with Crippen LogP contribution in [0.25, 0.3) is 0 Å². The second-order valence-electron chi connectivity index (χ2n) is 11.1. The van der Waals surface area contributed by atoms with Crippen molar-refractivity contribution in [1.82, 2.24) is 15.1 Å². The number of nitrogens with zero attached hydrogens (tertiary/aromatic N) is 3. The van der Waals surface area contributed by atoms with Gasteiger partial charge >= 0.3 is 6.36 Å². The molecule has 12 heteroatoms. The van der Waals surface area contributed by atoms with Gasteiger partial charge in [0.2, 0.25) is 5.91 Å². The van der Waals surface area contributed by atoms with E-state index >= 15 is 0 Å². The van der Waals surface area contributed by atoms with E-state index in [9.17, 15) is 32.3 Å². The van der Waals surface area contributed by atoms with E-state index in [2.05, 4.69) is 10.1 Å². The maximum absolute atomic E-state index is 13.7. The lowest BCUT2D eigenvalue weighted by Crippen LogP contribution is -2.53. The van der Waals surface area contributed by atoms with E-state index in [-0.39, 0.29) is 43.2 Å². The smallest absolute Gasteiger partial charge is 0.405 e. The van der Waals surface area contributed by atoms with Gasteiger partial charge in [0, 0.05) is 31.9 Å². The monoisotopic (exact) mass is 576 g/mol. The molecule has 4 rings (SSSR count). The lowest BCUT2D eigenvalue weighted by Gasteiger charge is -2.29. The van der Waals surface area contributed by atoms with Gasteiger partial charge in [-0.2, -0.15) is 0 Å². The molecule has 3 amide bonds. The number of hydrogen-bond acceptors (Lipinski definition) is 6. The highest BCUT2D eigenvalue weighted by atomic mass is 19.4. The first-order chi connectivity index (χ1) is 19.3. The SMILES string of the molecule is CC(C)C[C@H](NC(=O)c1ccc(N(C)C)cc1)C(=O)N1CC[C@@H]2C1C(=O)CN2C(=O)C1=CCCC=C1OC(F)(F)F. The third-order valence-corrected chi connectivity index (χ3v) is 7.49. The molecule has 3 aliphatic rings. The van der Waals surface area contributed by atoms with Crippen molar-refractivity contribution < 1.29 is 37.1 Å². The average Bonchev–Trinajstić information content (AvgIpc) is 3.48. The zero-order chi connectivity index (χ0) is 30.1. The fourth-order valence-electron chi connectivity index (χ4n) is 5.61. The van der Waals surface area contributed by atoms with Crippen molar-refractivity contribution in [3.63, 3.8) is 0 Å². The zero-order valence-corrected chi connectivity index (χ0v) is 23.5. The quantitative estimate of drug-likeness (QED) is 0.510. The molecular weight excluding hydrogens is 541 g/mol. The first-order valence-electron chi connectivity index (χ1n) is 13.7. The van der Waals surface area contributed by atoms with Crippen LogP contribution in [0.5, 0.6) is 0 Å². The molecule has 2 saturated heterocycles. The lowest BCUT2D eigenvalue weighted by atomic mass is 10.0. The Balaban J connectivity index is 1.49. The number of halogens is 3. The number of likely N-dealkylation sites (tertiary alicyclic amines) is 2. The van der Waals surface area contributed by atoms with Crippen molar-refractivity contribution in [2.24, 2.45) is 5.92 Å². The molecule has 2 fully saturated rings. The number of Topliss-reactive ketones (excluding diaryl/α,β-unsaturated/α-hetero) is 1. The molecule has 222 valence electrons. The fourth-order valence-corrected chi connectivity index (χ4v) is 5.61. The molecule has 1 aromatic carbocycles. The van der Waals surface area contributed by atoms with Crippen LogP contribution in [0.2, 0.25) is 0 Å². The van der Waals surface area contributed by atoms with Crippen molar-refractivity contribution >= 4 is 29.2 Å². The Labute approximate surface area is 237 Å². The Hall–Kier alpha value is -3.83. The number of amides is 3. The van der Waals surface area contributed by atoms with Crippen LogP contribution in [0, 0.1) is 5.92 Å². The molecule has 2 aliphatic heterocycles. The second-order valence-corrected chi connectivity index (χ2v) is 11.1. The summed E-state index contributed by atoms with van der Waals surface area (Å²) in [5.74, 6) is -2.48. The fraction of sp³-hybridized carbons (Fsp3) is 0.517. The number of fused-ring (bicyclic) bond motifs is 1. The van der Waals surface area contributed by atoms with Crippen molar-refractivity contribution in [2.75, 3.05) is 32.1 Å². The summed E-state index contributed by atoms with van der Waals surface area (Å²) in [7, 11) is 3.76. The van der Waals surface area contributed by atoms with E-state index < -0.39 is 48.0 Å². The molecule has 1 unspecified atom stereocenters. The molecule has 41 heavy (non-hydrogen) atoms. The number of carbonyl (C=O) groups is 4. The molecule has 0 aromatic heterocycles. The summed E-state index contributed by atoms with van der Waals surface area (Å²) < 4.78 is 42.9. The van der Waals surface area contributed by atoms with E-state index in [0.717, 1.165) is 5.69 Å². The Kier molecular flexibility index (Phi) is 8.79. The van der Waals surface area contributed by atoms with Crippen LogP contribution in [0.3, 0.4) is 0 Å². The molecule has 2 heterocycles. The maximum atomic E-state index is 13.7. The molecule has 9 nitrogen and oxygen atoms in total. The lowest BCUT2D eigenvalue weighted by molar-refractivity contribution is -0.304. The molecular formula is C29H35F3N4O5. The number of benzene rings is 1. The summed E-state index contributed by atoms with van der Waals surface area (Å²) in [6.07, 6.45) is -1.09. The molecule has 3 atom stereocenters. The molecule has 0 bridgehead atoms. The number of allylic oxidation sites excluding steroid dienone is 2. The summed E-state index contributed by atoms with van der Waals surface area (Å²) in [6.45, 7) is 3.68. The summed E-state index contributed by atoms with van der Waals surface area (Å²) >= 11 is 0. The first kappa shape index (κ1) is 30.1. The number of hydrogen-bond donors (Lipinski definition) is 1. The van der Waals surface area contributed by atoms with Crippen LogP contribution in [0.1, 0.15) is 49.9 Å². The second kappa shape index (κ2) is 12.0. The van der Waals surface area contributed by atoms with Gasteiger partial charge in [-0.05, 0) is 61.9 Å². The first-order valence-corrected chi connectivity index (χ1v) is 13.7. The molecule has 1 aromatic rings. The van der Waals surface area contributed by atoms with Crippen molar-refractivity contribution in [2.45, 2.75) is 64.0 Å². The van der Waals surface area contributed by atoms with Gasteiger partial charge in [-0.15, -0.1) is 13.2 Å². The van der Waals surface area contributed by atoms with E-state index in [1.165, 1.54) is 22.0 Å². The van der Waals surface area contributed by atoms with Crippen molar-refractivity contribution in [1.29, 1.82) is 0 Å². The van der Waals surface area contributed by atoms with Crippen LogP contribution in [-0.2, 0) is 19.1 Å². The molecule has 1 N–H and O–H groups in total. The summed E-state index contributed by atoms with van der Waals surface area (Å²) in [6, 6.07) is 4.42. The van der Waals surface area contributed by atoms with Gasteiger partial charge in [0.15, 0.2) is 5.78 Å². The Morgan fingerprint density at radius 3 is 2.34 bits per heavy atom. The van der Waals surface area contributed by atoms with Gasteiger partial charge in [0.25, 0.3) is 11.8 Å². The highest BCUT2D eigenvalue weighted by molar-refractivity contribution is 6.04. The van der Waals surface area contributed by atoms with Gasteiger partial charge in [0.05, 0.1) is 18.2 Å². The van der Waals surface area contributed by atoms with Crippen molar-refractivity contribution in [3.05, 3.63) is 53.3 Å². The minimum atomic E-state index is -4.97. The van der Waals surface area contributed by atoms with Gasteiger partial charge in [-0.3, -0.25) is 19.2 Å². The average molecular weight is 577 g/mol. The minimum absolute atomic E-state index is 0.0493. The van der Waals surface area contributed by atoms with E-state index in [1.807, 2.05) is 32.8 Å². The predicted octanol–water partition coefficient (Wildman–Crippen LogP) is 3.42. The minimum Gasteiger partial charge on any atom is -0.405 e. The number of nitrogens with one attached hydrogen (secondary N) is 1. The Bertz CT molecular complexity index is 1260. The topological polar surface area (TPSA) is 99.3 Å². The van der Waals surface area contributed by atoms with Crippen LogP contribution < -0.4 is 10.2 Å². The molecule has 0 spiro atoms. The summed E-state index contributed by atoms with van der Waals surface area (Å²) in [5, 5.41) is 2.82. The normalized spacial score (nSPS) is 21.3. The number of carbonyl (C=O) groups excluding carboxylic acids is 4. The third kappa shape index (κ3) is 6.74. The number of anilines is 1. The highest BCUT2D eigenvalue weighted by Gasteiger charge is 2.53. The van der Waals surface area contributed by atoms with Gasteiger partial charge in [-0.25, -0.2) is 0 Å². The predicted molar refractivity (Wildman–Crippen MR) is 145 cm³/mol. The number of alkyl halides is 3. The van der Waals surface area contributed by atoms with Crippen molar-refractivity contribution in [3.8, 4) is 0 Å². The van der Waals surface area contributed by atoms with Crippen LogP contribution >= 0.6 is 0 Å². The van der Waals surface area contributed by atoms with Crippen LogP contribution in [0.4, 0.5) is 18.9 Å². The number of ketones is 1. The molecule has 0 radical (unpaired) electrons. The highest BCUT2D eigenvalue weighted by Crippen LogP contribution is 2.35. The standard InChI is InChI=1S/C29H35F3N4O5/c1-17(2)15-21(33-26(38)18-9-11-19(12-10-18)34(3)4)28(40)35-14-13-22-25(35)23(37)16-36(22)27(39)20-7-5-6-8-24(20)41-29(30,31)32/h7-12,17,21-22,25H,5-6,13-16H2,1-4H3,(H,33,38)/t21-,22+,25?/m0/s1. The zero-order valence-electron chi connectivity index (χ0n) is 23.5. The van der Waals surface area contributed by atoms with E-state index in [0.29, 0.717) is 18.4 Å². The van der Waals surface area contributed by atoms with Gasteiger partial charge in [-0.1, -0.05) is 19.9 Å². The van der Waals surface area contributed by atoms with Crippen LogP contribution in [0.15, 0.2) is 47.7 Å². The maximum Gasteiger partial charge on any atom is 0.573 e. The Morgan fingerprint density at radius 2 is 1.73 bits per heavy atom. The molecule has 1 aliphatic carbocycles. The number of ether oxygens (including phenoxy) is 1. The third-order valence-electron chi connectivity index (χ3n) is 7.49. The molecule has 0 saturated carbocycles. The number of rotatable bonds is 8. The van der Waals surface area contributed by atoms with Gasteiger partial charge < -0.3 is 24.8 Å². The van der Waals surface area contributed by atoms with Crippen LogP contribution in [-0.4, -0.2) is 85.0 Å². The van der Waals surface area contributed by atoms with E-state index in [1.54, 1.807) is 24.3 Å². The summed E-state index contributed by atoms with van der Waals surface area (Å²) in [5.41, 5.74) is 1.06. The largest absolute Gasteiger partial charge is 0.573 e. The Morgan fingerprint density at radius 1 is 1.07 bits per heavy atom. The summed E-state index contributed by atoms with van der Waals surface area (Å²) in [4.78, 5) is 57.8. The van der Waals surface area contributed by atoms with Gasteiger partial charge in [0.1, 0.15) is 17.8 Å². The van der Waals surface area contributed by atoms with E-state index in [4.69, 9.17) is 0 Å².